The SMILES string of the molecule is CC1Nc2cccc(Cl)c2OC1c1cccs1. The van der Waals surface area contributed by atoms with Crippen LogP contribution in [0.2, 0.25) is 5.02 Å². The Morgan fingerprint density at radius 1 is 1.29 bits per heavy atom. The van der Waals surface area contributed by atoms with Gasteiger partial charge in [-0.15, -0.1) is 11.3 Å². The molecule has 2 heterocycles. The van der Waals surface area contributed by atoms with Gasteiger partial charge in [-0.25, -0.2) is 0 Å². The lowest BCUT2D eigenvalue weighted by molar-refractivity contribution is 0.181. The van der Waals surface area contributed by atoms with Gasteiger partial charge in [-0.2, -0.15) is 0 Å². The Labute approximate surface area is 109 Å². The molecule has 17 heavy (non-hydrogen) atoms. The van der Waals surface area contributed by atoms with Gasteiger partial charge in [0.2, 0.25) is 0 Å². The van der Waals surface area contributed by atoms with Crippen molar-refractivity contribution in [3.8, 4) is 5.75 Å². The van der Waals surface area contributed by atoms with Gasteiger partial charge in [0.05, 0.1) is 16.8 Å². The Bertz CT molecular complexity index is 526. The minimum Gasteiger partial charge on any atom is -0.479 e. The molecular formula is C13H12ClNOS. The quantitative estimate of drug-likeness (QED) is 0.828. The van der Waals surface area contributed by atoms with E-state index in [9.17, 15) is 0 Å². The Morgan fingerprint density at radius 2 is 2.18 bits per heavy atom. The van der Waals surface area contributed by atoms with Crippen LogP contribution in [0.4, 0.5) is 5.69 Å². The summed E-state index contributed by atoms with van der Waals surface area (Å²) in [4.78, 5) is 1.22. The molecule has 0 fully saturated rings. The number of anilines is 1. The first-order valence-corrected chi connectivity index (χ1v) is 6.76. The summed E-state index contributed by atoms with van der Waals surface area (Å²) in [6.45, 7) is 2.12. The number of para-hydroxylation sites is 1. The smallest absolute Gasteiger partial charge is 0.162 e. The number of rotatable bonds is 1. The summed E-state index contributed by atoms with van der Waals surface area (Å²) in [5.41, 5.74) is 0.970. The maximum absolute atomic E-state index is 6.15. The molecule has 0 saturated carbocycles. The van der Waals surface area contributed by atoms with Gasteiger partial charge in [0.1, 0.15) is 0 Å². The van der Waals surface area contributed by atoms with Crippen LogP contribution in [0.15, 0.2) is 35.7 Å². The van der Waals surface area contributed by atoms with Crippen LogP contribution in [0.3, 0.4) is 0 Å². The van der Waals surface area contributed by atoms with E-state index in [1.165, 1.54) is 4.88 Å². The molecule has 2 aromatic rings. The minimum atomic E-state index is 0.0300. The summed E-state index contributed by atoms with van der Waals surface area (Å²) in [5, 5.41) is 6.16. The molecule has 0 spiro atoms. The van der Waals surface area contributed by atoms with Gasteiger partial charge >= 0.3 is 0 Å². The van der Waals surface area contributed by atoms with Gasteiger partial charge < -0.3 is 10.1 Å². The van der Waals surface area contributed by atoms with E-state index in [1.54, 1.807) is 11.3 Å². The summed E-state index contributed by atoms with van der Waals surface area (Å²) in [5.74, 6) is 0.755. The van der Waals surface area contributed by atoms with E-state index in [-0.39, 0.29) is 12.1 Å². The standard InChI is InChI=1S/C13H12ClNOS/c1-8-12(11-6-3-7-17-11)16-13-9(14)4-2-5-10(13)15-8/h2-8,12,15H,1H3. The van der Waals surface area contributed by atoms with Crippen molar-refractivity contribution in [1.82, 2.24) is 0 Å². The number of hydrogen-bond donors (Lipinski definition) is 1. The predicted octanol–water partition coefficient (Wildman–Crippen LogP) is 4.34. The zero-order valence-electron chi connectivity index (χ0n) is 9.31. The minimum absolute atomic E-state index is 0.0300. The third-order valence-corrected chi connectivity index (χ3v) is 4.10. The van der Waals surface area contributed by atoms with Crippen molar-refractivity contribution in [3.05, 3.63) is 45.6 Å². The van der Waals surface area contributed by atoms with Crippen LogP contribution in [0, 0.1) is 0 Å². The van der Waals surface area contributed by atoms with Crippen LogP contribution in [0.5, 0.6) is 5.75 Å². The summed E-state index contributed by atoms with van der Waals surface area (Å²) >= 11 is 7.86. The fraction of sp³-hybridized carbons (Fsp3) is 0.231. The van der Waals surface area contributed by atoms with E-state index in [1.807, 2.05) is 24.3 Å². The topological polar surface area (TPSA) is 21.3 Å². The molecule has 3 rings (SSSR count). The highest BCUT2D eigenvalue weighted by Crippen LogP contribution is 2.42. The Balaban J connectivity index is 2.00. The Kier molecular flexibility index (Phi) is 2.73. The van der Waals surface area contributed by atoms with E-state index >= 15 is 0 Å². The van der Waals surface area contributed by atoms with Gasteiger partial charge in [0.25, 0.3) is 0 Å². The van der Waals surface area contributed by atoms with Crippen molar-refractivity contribution in [2.24, 2.45) is 0 Å². The van der Waals surface area contributed by atoms with Crippen LogP contribution in [0.1, 0.15) is 17.9 Å². The van der Waals surface area contributed by atoms with Gasteiger partial charge in [0.15, 0.2) is 11.9 Å². The Hall–Kier alpha value is -1.19. The lowest BCUT2D eigenvalue weighted by atomic mass is 10.1. The lowest BCUT2D eigenvalue weighted by Gasteiger charge is -2.32. The molecule has 1 aromatic carbocycles. The molecule has 2 nitrogen and oxygen atoms in total. The van der Waals surface area contributed by atoms with Crippen molar-refractivity contribution in [2.75, 3.05) is 5.32 Å². The Morgan fingerprint density at radius 3 is 2.94 bits per heavy atom. The molecule has 0 amide bonds. The average molecular weight is 266 g/mol. The molecule has 1 aromatic heterocycles. The van der Waals surface area contributed by atoms with Crippen LogP contribution in [-0.2, 0) is 0 Å². The van der Waals surface area contributed by atoms with Crippen LogP contribution >= 0.6 is 22.9 Å². The number of ether oxygens (including phenoxy) is 1. The second-order valence-corrected chi connectivity index (χ2v) is 5.49. The molecule has 2 unspecified atom stereocenters. The van der Waals surface area contributed by atoms with E-state index in [0.29, 0.717) is 5.02 Å². The molecule has 1 aliphatic heterocycles. The molecule has 1 aliphatic rings. The summed E-state index contributed by atoms with van der Waals surface area (Å²) in [7, 11) is 0. The summed E-state index contributed by atoms with van der Waals surface area (Å²) in [6.07, 6.45) is 0.0300. The van der Waals surface area contributed by atoms with Crippen LogP contribution in [0.25, 0.3) is 0 Å². The average Bonchev–Trinajstić information content (AvgIpc) is 2.82. The van der Waals surface area contributed by atoms with Gasteiger partial charge in [-0.05, 0) is 30.5 Å². The molecule has 2 atom stereocenters. The van der Waals surface area contributed by atoms with Crippen molar-refractivity contribution in [1.29, 1.82) is 0 Å². The third kappa shape index (κ3) is 1.90. The van der Waals surface area contributed by atoms with Crippen LogP contribution in [-0.4, -0.2) is 6.04 Å². The summed E-state index contributed by atoms with van der Waals surface area (Å²) in [6, 6.07) is 10.1. The number of hydrogen-bond acceptors (Lipinski definition) is 3. The highest BCUT2D eigenvalue weighted by molar-refractivity contribution is 7.10. The largest absolute Gasteiger partial charge is 0.479 e. The maximum Gasteiger partial charge on any atom is 0.162 e. The third-order valence-electron chi connectivity index (χ3n) is 2.87. The van der Waals surface area contributed by atoms with Crippen molar-refractivity contribution >= 4 is 28.6 Å². The van der Waals surface area contributed by atoms with E-state index in [0.717, 1.165) is 11.4 Å². The summed E-state index contributed by atoms with van der Waals surface area (Å²) < 4.78 is 6.04. The highest BCUT2D eigenvalue weighted by atomic mass is 35.5. The number of thiophene rings is 1. The zero-order chi connectivity index (χ0) is 11.8. The molecular weight excluding hydrogens is 254 g/mol. The molecule has 0 aliphatic carbocycles. The second kappa shape index (κ2) is 4.24. The fourth-order valence-electron chi connectivity index (χ4n) is 2.05. The van der Waals surface area contributed by atoms with E-state index in [4.69, 9.17) is 16.3 Å². The molecule has 4 heteroatoms. The number of nitrogens with one attached hydrogen (secondary N) is 1. The molecule has 0 radical (unpaired) electrons. The first-order valence-electron chi connectivity index (χ1n) is 5.51. The van der Waals surface area contributed by atoms with Gasteiger partial charge in [0, 0.05) is 4.88 Å². The number of benzene rings is 1. The lowest BCUT2D eigenvalue weighted by Crippen LogP contribution is -2.32. The molecule has 0 bridgehead atoms. The van der Waals surface area contributed by atoms with Crippen LogP contribution < -0.4 is 10.1 Å². The first kappa shape index (κ1) is 10.9. The fourth-order valence-corrected chi connectivity index (χ4v) is 3.13. The molecule has 0 saturated heterocycles. The van der Waals surface area contributed by atoms with E-state index < -0.39 is 0 Å². The van der Waals surface area contributed by atoms with Crippen molar-refractivity contribution in [3.63, 3.8) is 0 Å². The predicted molar refractivity (Wildman–Crippen MR) is 72.2 cm³/mol. The first-order chi connectivity index (χ1) is 8.25. The molecule has 1 N–H and O–H groups in total. The maximum atomic E-state index is 6.15. The van der Waals surface area contributed by atoms with Crippen molar-refractivity contribution in [2.45, 2.75) is 19.1 Å². The zero-order valence-corrected chi connectivity index (χ0v) is 10.9. The van der Waals surface area contributed by atoms with E-state index in [2.05, 4.69) is 23.7 Å². The molecule has 88 valence electrons. The second-order valence-electron chi connectivity index (χ2n) is 4.10. The highest BCUT2D eigenvalue weighted by Gasteiger charge is 2.29. The number of fused-ring (bicyclic) bond motifs is 1. The number of halogens is 1. The normalized spacial score (nSPS) is 22.5. The van der Waals surface area contributed by atoms with Crippen molar-refractivity contribution < 1.29 is 4.74 Å². The van der Waals surface area contributed by atoms with Gasteiger partial charge in [-0.1, -0.05) is 23.7 Å². The monoisotopic (exact) mass is 265 g/mol. The van der Waals surface area contributed by atoms with Gasteiger partial charge in [-0.3, -0.25) is 0 Å².